The van der Waals surface area contributed by atoms with E-state index in [2.05, 4.69) is 4.98 Å². The average molecular weight is 246 g/mol. The number of carbonyl (C=O) groups is 1. The summed E-state index contributed by atoms with van der Waals surface area (Å²) in [4.78, 5) is 16.0. The molecule has 0 N–H and O–H groups in total. The molecule has 17 heavy (non-hydrogen) atoms. The summed E-state index contributed by atoms with van der Waals surface area (Å²) in [5, 5.41) is 0.656. The minimum absolute atomic E-state index is 0.102. The van der Waals surface area contributed by atoms with E-state index in [-0.39, 0.29) is 5.78 Å². The number of nitrogens with zero attached hydrogens (tertiary/aromatic N) is 1. The molecule has 0 aliphatic carbocycles. The number of hydrogen-bond acceptors (Lipinski definition) is 2. The second-order valence-electron chi connectivity index (χ2n) is 3.91. The first-order chi connectivity index (χ1) is 8.16. The van der Waals surface area contributed by atoms with Crippen molar-refractivity contribution in [3.05, 3.63) is 64.4 Å². The van der Waals surface area contributed by atoms with E-state index in [4.69, 9.17) is 11.6 Å². The Morgan fingerprint density at radius 1 is 1.24 bits per heavy atom. The van der Waals surface area contributed by atoms with Gasteiger partial charge in [0.05, 0.1) is 0 Å². The first kappa shape index (κ1) is 11.8. The molecular formula is C14H12ClNO. The maximum Gasteiger partial charge on any atom is 0.167 e. The van der Waals surface area contributed by atoms with Crippen LogP contribution in [0.1, 0.15) is 21.5 Å². The lowest BCUT2D eigenvalue weighted by atomic mass is 10.00. The summed E-state index contributed by atoms with van der Waals surface area (Å²) in [6, 6.07) is 9.03. The predicted molar refractivity (Wildman–Crippen MR) is 68.5 cm³/mol. The fourth-order valence-corrected chi connectivity index (χ4v) is 1.95. The van der Waals surface area contributed by atoms with E-state index < -0.39 is 0 Å². The smallest absolute Gasteiger partial charge is 0.167 e. The first-order valence-corrected chi connectivity index (χ1v) is 5.73. The minimum Gasteiger partial charge on any atom is -0.294 e. The number of pyridine rings is 1. The minimum atomic E-state index is 0.102. The SMILES string of the molecule is Cc1cc(Cl)ccc1C(=O)Cc1ccncc1. The molecule has 1 aromatic carbocycles. The van der Waals surface area contributed by atoms with Crippen molar-refractivity contribution in [2.24, 2.45) is 0 Å². The molecule has 2 aromatic rings. The van der Waals surface area contributed by atoms with E-state index >= 15 is 0 Å². The zero-order valence-electron chi connectivity index (χ0n) is 9.48. The lowest BCUT2D eigenvalue weighted by Crippen LogP contribution is -2.05. The van der Waals surface area contributed by atoms with Crippen LogP contribution in [0.5, 0.6) is 0 Å². The third-order valence-electron chi connectivity index (χ3n) is 2.60. The molecule has 3 heteroatoms. The lowest BCUT2D eigenvalue weighted by Gasteiger charge is -2.05. The summed E-state index contributed by atoms with van der Waals surface area (Å²) in [5.74, 6) is 0.102. The molecular weight excluding hydrogens is 234 g/mol. The molecule has 0 aliphatic rings. The molecule has 2 rings (SSSR count). The molecule has 0 radical (unpaired) electrons. The van der Waals surface area contributed by atoms with Crippen molar-refractivity contribution in [3.8, 4) is 0 Å². The van der Waals surface area contributed by atoms with Gasteiger partial charge in [0.2, 0.25) is 0 Å². The largest absolute Gasteiger partial charge is 0.294 e. The summed E-state index contributed by atoms with van der Waals surface area (Å²) in [5.41, 5.74) is 2.61. The van der Waals surface area contributed by atoms with Crippen LogP contribution in [0.3, 0.4) is 0 Å². The molecule has 0 amide bonds. The summed E-state index contributed by atoms with van der Waals surface area (Å²) < 4.78 is 0. The number of aryl methyl sites for hydroxylation is 1. The fraction of sp³-hybridized carbons (Fsp3) is 0.143. The van der Waals surface area contributed by atoms with Gasteiger partial charge in [0.1, 0.15) is 0 Å². The Balaban J connectivity index is 2.21. The van der Waals surface area contributed by atoms with Crippen LogP contribution in [0.4, 0.5) is 0 Å². The van der Waals surface area contributed by atoms with Gasteiger partial charge in [0, 0.05) is 29.4 Å². The Hall–Kier alpha value is -1.67. The third-order valence-corrected chi connectivity index (χ3v) is 2.84. The molecule has 1 aromatic heterocycles. The van der Waals surface area contributed by atoms with Gasteiger partial charge in [0.25, 0.3) is 0 Å². The van der Waals surface area contributed by atoms with Gasteiger partial charge in [-0.1, -0.05) is 11.6 Å². The van der Waals surface area contributed by atoms with Gasteiger partial charge in [-0.2, -0.15) is 0 Å². The Bertz CT molecular complexity index is 537. The Kier molecular flexibility index (Phi) is 3.55. The summed E-state index contributed by atoms with van der Waals surface area (Å²) in [6.45, 7) is 1.89. The molecule has 0 saturated heterocycles. The van der Waals surface area contributed by atoms with Crippen molar-refractivity contribution in [2.75, 3.05) is 0 Å². The average Bonchev–Trinajstić information content (AvgIpc) is 2.30. The molecule has 0 unspecified atom stereocenters. The fourth-order valence-electron chi connectivity index (χ4n) is 1.72. The molecule has 2 nitrogen and oxygen atoms in total. The van der Waals surface area contributed by atoms with Gasteiger partial charge in [-0.3, -0.25) is 9.78 Å². The Morgan fingerprint density at radius 3 is 2.59 bits per heavy atom. The highest BCUT2D eigenvalue weighted by Gasteiger charge is 2.09. The predicted octanol–water partition coefficient (Wildman–Crippen LogP) is 3.47. The molecule has 0 spiro atoms. The van der Waals surface area contributed by atoms with Crippen LogP contribution in [0, 0.1) is 6.92 Å². The van der Waals surface area contributed by atoms with Gasteiger partial charge in [-0.25, -0.2) is 0 Å². The summed E-state index contributed by atoms with van der Waals surface area (Å²) in [7, 11) is 0. The van der Waals surface area contributed by atoms with Crippen molar-refractivity contribution in [2.45, 2.75) is 13.3 Å². The number of hydrogen-bond donors (Lipinski definition) is 0. The number of rotatable bonds is 3. The number of benzene rings is 1. The zero-order valence-corrected chi connectivity index (χ0v) is 10.2. The van der Waals surface area contributed by atoms with E-state index in [0.717, 1.165) is 16.7 Å². The quantitative estimate of drug-likeness (QED) is 0.775. The van der Waals surface area contributed by atoms with E-state index in [0.29, 0.717) is 11.4 Å². The van der Waals surface area contributed by atoms with Crippen LogP contribution in [0.15, 0.2) is 42.7 Å². The standard InChI is InChI=1S/C14H12ClNO/c1-10-8-12(15)2-3-13(10)14(17)9-11-4-6-16-7-5-11/h2-8H,9H2,1H3. The van der Waals surface area contributed by atoms with Crippen molar-refractivity contribution in [1.82, 2.24) is 4.98 Å². The molecule has 0 bridgehead atoms. The van der Waals surface area contributed by atoms with Gasteiger partial charge >= 0.3 is 0 Å². The molecule has 0 atom stereocenters. The van der Waals surface area contributed by atoms with Crippen LogP contribution in [0.25, 0.3) is 0 Å². The summed E-state index contributed by atoms with van der Waals surface area (Å²) >= 11 is 5.86. The molecule has 0 saturated carbocycles. The highest BCUT2D eigenvalue weighted by Crippen LogP contribution is 2.17. The van der Waals surface area contributed by atoms with Crippen molar-refractivity contribution >= 4 is 17.4 Å². The second kappa shape index (κ2) is 5.11. The third kappa shape index (κ3) is 2.92. The number of ketones is 1. The van der Waals surface area contributed by atoms with Gasteiger partial charge in [-0.15, -0.1) is 0 Å². The molecule has 0 aliphatic heterocycles. The maximum absolute atomic E-state index is 12.1. The zero-order chi connectivity index (χ0) is 12.3. The molecule has 1 heterocycles. The van der Waals surface area contributed by atoms with Gasteiger partial charge < -0.3 is 0 Å². The highest BCUT2D eigenvalue weighted by molar-refractivity contribution is 6.30. The van der Waals surface area contributed by atoms with E-state index in [1.807, 2.05) is 19.1 Å². The molecule has 86 valence electrons. The van der Waals surface area contributed by atoms with E-state index in [9.17, 15) is 4.79 Å². The molecule has 0 fully saturated rings. The maximum atomic E-state index is 12.1. The number of halogens is 1. The van der Waals surface area contributed by atoms with Crippen LogP contribution in [0.2, 0.25) is 5.02 Å². The normalized spacial score (nSPS) is 10.2. The van der Waals surface area contributed by atoms with Crippen LogP contribution >= 0.6 is 11.6 Å². The van der Waals surface area contributed by atoms with Gasteiger partial charge in [0.15, 0.2) is 5.78 Å². The second-order valence-corrected chi connectivity index (χ2v) is 4.35. The lowest BCUT2D eigenvalue weighted by molar-refractivity contribution is 0.0992. The van der Waals surface area contributed by atoms with E-state index in [1.165, 1.54) is 0 Å². The number of Topliss-reactive ketones (excluding diaryl/α,β-unsaturated/α-hetero) is 1. The summed E-state index contributed by atoms with van der Waals surface area (Å²) in [6.07, 6.45) is 3.78. The van der Waals surface area contributed by atoms with Crippen LogP contribution < -0.4 is 0 Å². The Labute approximate surface area is 105 Å². The number of aromatic nitrogens is 1. The van der Waals surface area contributed by atoms with Crippen molar-refractivity contribution in [1.29, 1.82) is 0 Å². The van der Waals surface area contributed by atoms with Crippen molar-refractivity contribution < 1.29 is 4.79 Å². The van der Waals surface area contributed by atoms with E-state index in [1.54, 1.807) is 30.6 Å². The monoisotopic (exact) mass is 245 g/mol. The Morgan fingerprint density at radius 2 is 1.94 bits per heavy atom. The highest BCUT2D eigenvalue weighted by atomic mass is 35.5. The van der Waals surface area contributed by atoms with Crippen molar-refractivity contribution in [3.63, 3.8) is 0 Å². The topological polar surface area (TPSA) is 30.0 Å². The van der Waals surface area contributed by atoms with Crippen LogP contribution in [-0.4, -0.2) is 10.8 Å². The number of carbonyl (C=O) groups excluding carboxylic acids is 1. The first-order valence-electron chi connectivity index (χ1n) is 5.35. The van der Waals surface area contributed by atoms with Gasteiger partial charge in [-0.05, 0) is 48.4 Å². The van der Waals surface area contributed by atoms with Crippen LogP contribution in [-0.2, 0) is 6.42 Å².